The summed E-state index contributed by atoms with van der Waals surface area (Å²) in [7, 11) is 1.99. The van der Waals surface area contributed by atoms with Gasteiger partial charge < -0.3 is 16.4 Å². The lowest BCUT2D eigenvalue weighted by molar-refractivity contribution is 0.553. The molecular weight excluding hydrogens is 162 g/mol. The molecule has 0 spiro atoms. The summed E-state index contributed by atoms with van der Waals surface area (Å²) in [6.07, 6.45) is 4.86. The molecule has 0 aromatic carbocycles. The number of hydrogen-bond acceptors (Lipinski definition) is 3. The average Bonchev–Trinajstić information content (AvgIpc) is 2.09. The predicted octanol–water partition coefficient (Wildman–Crippen LogP) is 0.703. The van der Waals surface area contributed by atoms with Crippen LogP contribution in [-0.2, 0) is 0 Å². The number of hydrogen-bond donors (Lipinski definition) is 3. The predicted molar refractivity (Wildman–Crippen MR) is 58.9 cm³/mol. The normalized spacial score (nSPS) is 13.2. The van der Waals surface area contributed by atoms with Crippen LogP contribution in [0.25, 0.3) is 0 Å². The van der Waals surface area contributed by atoms with Crippen molar-refractivity contribution >= 4 is 0 Å². The van der Waals surface area contributed by atoms with Crippen LogP contribution in [0.2, 0.25) is 0 Å². The first-order chi connectivity index (χ1) is 6.27. The molecule has 1 unspecified atom stereocenters. The molecule has 0 aliphatic rings. The maximum absolute atomic E-state index is 5.64. The van der Waals surface area contributed by atoms with Crippen molar-refractivity contribution in [3.05, 3.63) is 0 Å². The van der Waals surface area contributed by atoms with Gasteiger partial charge in [-0.05, 0) is 52.9 Å². The third kappa shape index (κ3) is 11.9. The van der Waals surface area contributed by atoms with E-state index < -0.39 is 0 Å². The summed E-state index contributed by atoms with van der Waals surface area (Å²) in [6.45, 7) is 5.43. The maximum atomic E-state index is 5.64. The number of rotatable bonds is 9. The molecule has 0 aliphatic carbocycles. The van der Waals surface area contributed by atoms with Crippen LogP contribution in [0.3, 0.4) is 0 Å². The summed E-state index contributed by atoms with van der Waals surface area (Å²) >= 11 is 0. The lowest BCUT2D eigenvalue weighted by Crippen LogP contribution is -2.21. The van der Waals surface area contributed by atoms with E-state index in [0.717, 1.165) is 26.1 Å². The quantitative estimate of drug-likeness (QED) is 0.466. The van der Waals surface area contributed by atoms with Crippen molar-refractivity contribution in [3.8, 4) is 0 Å². The van der Waals surface area contributed by atoms with Crippen molar-refractivity contribution in [1.82, 2.24) is 10.6 Å². The van der Waals surface area contributed by atoms with Gasteiger partial charge in [-0.2, -0.15) is 0 Å². The minimum Gasteiger partial charge on any atom is -0.328 e. The fourth-order valence-corrected chi connectivity index (χ4v) is 1.23. The number of nitrogens with two attached hydrogens (primary N) is 1. The van der Waals surface area contributed by atoms with Gasteiger partial charge in [0.15, 0.2) is 0 Å². The molecule has 0 saturated heterocycles. The van der Waals surface area contributed by atoms with Gasteiger partial charge in [-0.1, -0.05) is 6.42 Å². The smallest absolute Gasteiger partial charge is 0.00104 e. The minimum atomic E-state index is 0.365. The second kappa shape index (κ2) is 9.96. The van der Waals surface area contributed by atoms with Crippen molar-refractivity contribution in [2.75, 3.05) is 26.7 Å². The molecule has 0 bridgehead atoms. The molecule has 0 aliphatic heterocycles. The Bertz CT molecular complexity index is 94.2. The molecular formula is C10H25N3. The van der Waals surface area contributed by atoms with E-state index in [1.165, 1.54) is 19.3 Å². The summed E-state index contributed by atoms with van der Waals surface area (Å²) in [4.78, 5) is 0. The van der Waals surface area contributed by atoms with E-state index in [-0.39, 0.29) is 0 Å². The van der Waals surface area contributed by atoms with Gasteiger partial charge in [0.05, 0.1) is 0 Å². The van der Waals surface area contributed by atoms with Gasteiger partial charge in [-0.15, -0.1) is 0 Å². The van der Waals surface area contributed by atoms with Gasteiger partial charge in [-0.25, -0.2) is 0 Å². The van der Waals surface area contributed by atoms with E-state index in [9.17, 15) is 0 Å². The monoisotopic (exact) mass is 187 g/mol. The van der Waals surface area contributed by atoms with E-state index in [0.29, 0.717) is 6.04 Å². The molecule has 0 rings (SSSR count). The summed E-state index contributed by atoms with van der Waals surface area (Å²) < 4.78 is 0. The molecule has 1 atom stereocenters. The lowest BCUT2D eigenvalue weighted by atomic mass is 10.1. The van der Waals surface area contributed by atoms with E-state index in [1.54, 1.807) is 0 Å². The standard InChI is InChI=1S/C10H25N3/c1-10(11)6-3-4-8-13-9-5-7-12-2/h10,12-13H,3-9,11H2,1-2H3. The first-order valence-corrected chi connectivity index (χ1v) is 5.38. The van der Waals surface area contributed by atoms with Crippen LogP contribution in [0.5, 0.6) is 0 Å². The van der Waals surface area contributed by atoms with Crippen molar-refractivity contribution < 1.29 is 0 Å². The summed E-state index contributed by atoms with van der Waals surface area (Å²) in [5.74, 6) is 0. The Balaban J connectivity index is 2.84. The summed E-state index contributed by atoms with van der Waals surface area (Å²) in [5, 5.41) is 6.54. The Hall–Kier alpha value is -0.120. The van der Waals surface area contributed by atoms with Gasteiger partial charge in [0, 0.05) is 6.04 Å². The van der Waals surface area contributed by atoms with Gasteiger partial charge in [0.1, 0.15) is 0 Å². The molecule has 0 aromatic rings. The third-order valence-electron chi connectivity index (χ3n) is 2.04. The van der Waals surface area contributed by atoms with Gasteiger partial charge in [0.25, 0.3) is 0 Å². The first kappa shape index (κ1) is 12.9. The summed E-state index contributed by atoms with van der Waals surface area (Å²) in [5.41, 5.74) is 5.64. The zero-order chi connectivity index (χ0) is 9.94. The van der Waals surface area contributed by atoms with E-state index >= 15 is 0 Å². The Labute approximate surface area is 82.5 Å². The van der Waals surface area contributed by atoms with Crippen LogP contribution in [0.1, 0.15) is 32.6 Å². The second-order valence-corrected chi connectivity index (χ2v) is 3.68. The van der Waals surface area contributed by atoms with Crippen LogP contribution in [0.15, 0.2) is 0 Å². The Morgan fingerprint density at radius 3 is 2.38 bits per heavy atom. The highest BCUT2D eigenvalue weighted by Gasteiger charge is 1.93. The summed E-state index contributed by atoms with van der Waals surface area (Å²) in [6, 6.07) is 0.365. The molecule has 0 saturated carbocycles. The van der Waals surface area contributed by atoms with E-state index in [1.807, 2.05) is 7.05 Å². The minimum absolute atomic E-state index is 0.365. The van der Waals surface area contributed by atoms with Crippen LogP contribution in [0, 0.1) is 0 Å². The fraction of sp³-hybridized carbons (Fsp3) is 1.00. The first-order valence-electron chi connectivity index (χ1n) is 5.38. The molecule has 0 fully saturated rings. The lowest BCUT2D eigenvalue weighted by Gasteiger charge is -2.06. The van der Waals surface area contributed by atoms with Crippen LogP contribution >= 0.6 is 0 Å². The average molecular weight is 187 g/mol. The van der Waals surface area contributed by atoms with Crippen molar-refractivity contribution in [3.63, 3.8) is 0 Å². The molecule has 0 aromatic heterocycles. The molecule has 0 radical (unpaired) electrons. The van der Waals surface area contributed by atoms with Crippen LogP contribution in [0.4, 0.5) is 0 Å². The van der Waals surface area contributed by atoms with Crippen molar-refractivity contribution in [2.45, 2.75) is 38.6 Å². The zero-order valence-electron chi connectivity index (χ0n) is 9.10. The van der Waals surface area contributed by atoms with E-state index in [4.69, 9.17) is 5.73 Å². The van der Waals surface area contributed by atoms with E-state index in [2.05, 4.69) is 17.6 Å². The topological polar surface area (TPSA) is 50.1 Å². The second-order valence-electron chi connectivity index (χ2n) is 3.68. The molecule has 80 valence electrons. The highest BCUT2D eigenvalue weighted by molar-refractivity contribution is 4.55. The molecule has 4 N–H and O–H groups in total. The fourth-order valence-electron chi connectivity index (χ4n) is 1.23. The molecule has 3 heteroatoms. The largest absolute Gasteiger partial charge is 0.328 e. The molecule has 0 heterocycles. The van der Waals surface area contributed by atoms with Crippen molar-refractivity contribution in [1.29, 1.82) is 0 Å². The van der Waals surface area contributed by atoms with Gasteiger partial charge in [-0.3, -0.25) is 0 Å². The van der Waals surface area contributed by atoms with Crippen molar-refractivity contribution in [2.24, 2.45) is 5.73 Å². The highest BCUT2D eigenvalue weighted by Crippen LogP contribution is 1.96. The van der Waals surface area contributed by atoms with Gasteiger partial charge >= 0.3 is 0 Å². The zero-order valence-corrected chi connectivity index (χ0v) is 9.10. The molecule has 13 heavy (non-hydrogen) atoms. The molecule has 0 amide bonds. The SMILES string of the molecule is CNCCCNCCCCC(C)N. The Kier molecular flexibility index (Phi) is 9.87. The number of nitrogens with one attached hydrogen (secondary N) is 2. The van der Waals surface area contributed by atoms with Crippen LogP contribution in [-0.4, -0.2) is 32.7 Å². The Morgan fingerprint density at radius 2 is 1.77 bits per heavy atom. The number of unbranched alkanes of at least 4 members (excludes halogenated alkanes) is 1. The Morgan fingerprint density at radius 1 is 1.08 bits per heavy atom. The molecule has 3 nitrogen and oxygen atoms in total. The van der Waals surface area contributed by atoms with Gasteiger partial charge in [0.2, 0.25) is 0 Å². The van der Waals surface area contributed by atoms with Crippen LogP contribution < -0.4 is 16.4 Å². The maximum Gasteiger partial charge on any atom is 0.00104 e. The highest BCUT2D eigenvalue weighted by atomic mass is 14.9. The third-order valence-corrected chi connectivity index (χ3v) is 2.04.